The minimum atomic E-state index is -1.29. The lowest BCUT2D eigenvalue weighted by Gasteiger charge is -2.02. The van der Waals surface area contributed by atoms with Crippen molar-refractivity contribution in [2.75, 3.05) is 7.11 Å². The maximum Gasteiger partial charge on any atom is 0.451 e. The van der Waals surface area contributed by atoms with E-state index in [0.717, 1.165) is 5.56 Å². The summed E-state index contributed by atoms with van der Waals surface area (Å²) < 4.78 is 4.56. The minimum absolute atomic E-state index is 0.289. The Balaban J connectivity index is 2.60. The largest absolute Gasteiger partial charge is 0.465 e. The van der Waals surface area contributed by atoms with Crippen molar-refractivity contribution in [1.29, 1.82) is 0 Å². The van der Waals surface area contributed by atoms with Gasteiger partial charge in [-0.25, -0.2) is 4.79 Å². The second-order valence-corrected chi connectivity index (χ2v) is 3.21. The van der Waals surface area contributed by atoms with Crippen LogP contribution < -0.4 is 0 Å². The molecule has 0 atom stereocenters. The summed E-state index contributed by atoms with van der Waals surface area (Å²) in [5.74, 6) is -0.372. The molecule has 0 aliphatic heterocycles. The van der Waals surface area contributed by atoms with Gasteiger partial charge in [0.1, 0.15) is 0 Å². The lowest BCUT2D eigenvalue weighted by Crippen LogP contribution is -2.11. The highest BCUT2D eigenvalue weighted by Crippen LogP contribution is 2.08. The van der Waals surface area contributed by atoms with Gasteiger partial charge in [-0.1, -0.05) is 12.1 Å². The Labute approximate surface area is 88.6 Å². The maximum absolute atomic E-state index is 11.1. The fourth-order valence-corrected chi connectivity index (χ4v) is 1.22. The molecule has 4 nitrogen and oxygen atoms in total. The number of hydrogen-bond donors (Lipinski definition) is 2. The van der Waals surface area contributed by atoms with Crippen LogP contribution in [0, 0.1) is 0 Å². The highest BCUT2D eigenvalue weighted by Gasteiger charge is 2.08. The quantitative estimate of drug-likeness (QED) is 0.558. The van der Waals surface area contributed by atoms with E-state index in [-0.39, 0.29) is 12.3 Å². The van der Waals surface area contributed by atoms with Crippen LogP contribution >= 0.6 is 0 Å². The van der Waals surface area contributed by atoms with Crippen LogP contribution in [-0.4, -0.2) is 30.2 Å². The molecule has 15 heavy (non-hydrogen) atoms. The Kier molecular flexibility index (Phi) is 4.33. The molecule has 0 aliphatic carbocycles. The van der Waals surface area contributed by atoms with Crippen molar-refractivity contribution in [3.8, 4) is 0 Å². The summed E-state index contributed by atoms with van der Waals surface area (Å²) in [7, 11) is 0.0449. The van der Waals surface area contributed by atoms with Crippen LogP contribution in [0.15, 0.2) is 24.3 Å². The average Bonchev–Trinajstić information content (AvgIpc) is 2.26. The first-order valence-corrected chi connectivity index (χ1v) is 4.67. The van der Waals surface area contributed by atoms with Gasteiger partial charge in [-0.05, 0) is 30.4 Å². The van der Waals surface area contributed by atoms with Crippen LogP contribution in [0.1, 0.15) is 15.9 Å². The van der Waals surface area contributed by atoms with Gasteiger partial charge in [0.15, 0.2) is 0 Å². The lowest BCUT2D eigenvalue weighted by atomic mass is 9.83. The minimum Gasteiger partial charge on any atom is -0.465 e. The number of carbonyl (C=O) groups is 1. The number of methoxy groups -OCH3 is 1. The third kappa shape index (κ3) is 3.73. The van der Waals surface area contributed by atoms with Crippen molar-refractivity contribution in [3.05, 3.63) is 35.4 Å². The van der Waals surface area contributed by atoms with E-state index in [0.29, 0.717) is 12.0 Å². The third-order valence-corrected chi connectivity index (χ3v) is 2.07. The molecule has 0 saturated carbocycles. The van der Waals surface area contributed by atoms with Crippen LogP contribution in [0.4, 0.5) is 0 Å². The van der Waals surface area contributed by atoms with Crippen molar-refractivity contribution in [2.45, 2.75) is 12.7 Å². The van der Waals surface area contributed by atoms with Gasteiger partial charge in [0.05, 0.1) is 12.7 Å². The second kappa shape index (κ2) is 5.53. The van der Waals surface area contributed by atoms with Gasteiger partial charge in [-0.3, -0.25) is 0 Å². The topological polar surface area (TPSA) is 66.8 Å². The standard InChI is InChI=1S/C10H13BO4/c1-15-10(12)9-4-2-8(3-5-9)6-7-11(13)14/h2-5,13-14H,6-7H2,1H3. The summed E-state index contributed by atoms with van der Waals surface area (Å²) in [6, 6.07) is 6.86. The Hall–Kier alpha value is -1.33. The monoisotopic (exact) mass is 208 g/mol. The van der Waals surface area contributed by atoms with Crippen molar-refractivity contribution in [2.24, 2.45) is 0 Å². The molecule has 1 rings (SSSR count). The van der Waals surface area contributed by atoms with E-state index in [1.165, 1.54) is 7.11 Å². The van der Waals surface area contributed by atoms with E-state index in [2.05, 4.69) is 4.74 Å². The fraction of sp³-hybridized carbons (Fsp3) is 0.300. The number of hydrogen-bond acceptors (Lipinski definition) is 4. The molecule has 0 aromatic heterocycles. The number of ether oxygens (including phenoxy) is 1. The molecule has 0 radical (unpaired) electrons. The lowest BCUT2D eigenvalue weighted by molar-refractivity contribution is 0.0600. The predicted molar refractivity (Wildman–Crippen MR) is 56.5 cm³/mol. The highest BCUT2D eigenvalue weighted by atomic mass is 16.5. The van der Waals surface area contributed by atoms with Crippen LogP contribution in [0.5, 0.6) is 0 Å². The summed E-state index contributed by atoms with van der Waals surface area (Å²) in [6.45, 7) is 0. The zero-order valence-corrected chi connectivity index (χ0v) is 8.51. The molecule has 0 heterocycles. The van der Waals surface area contributed by atoms with E-state index in [1.807, 2.05) is 0 Å². The number of aryl methyl sites for hydroxylation is 1. The summed E-state index contributed by atoms with van der Waals surface area (Å²) >= 11 is 0. The van der Waals surface area contributed by atoms with Crippen molar-refractivity contribution < 1.29 is 19.6 Å². The molecule has 80 valence electrons. The van der Waals surface area contributed by atoms with Gasteiger partial charge < -0.3 is 14.8 Å². The van der Waals surface area contributed by atoms with E-state index < -0.39 is 7.12 Å². The van der Waals surface area contributed by atoms with E-state index in [4.69, 9.17) is 10.0 Å². The van der Waals surface area contributed by atoms with Crippen molar-refractivity contribution >= 4 is 13.1 Å². The zero-order chi connectivity index (χ0) is 11.3. The van der Waals surface area contributed by atoms with E-state index in [9.17, 15) is 4.79 Å². The molecule has 1 aromatic carbocycles. The number of esters is 1. The molecule has 0 aliphatic rings. The Bertz CT molecular complexity index is 321. The summed E-state index contributed by atoms with van der Waals surface area (Å²) in [6.07, 6.45) is 0.858. The van der Waals surface area contributed by atoms with Crippen LogP contribution in [0.3, 0.4) is 0 Å². The van der Waals surface area contributed by atoms with Crippen molar-refractivity contribution in [1.82, 2.24) is 0 Å². The molecular formula is C10H13BO4. The Morgan fingerprint density at radius 2 is 1.93 bits per heavy atom. The van der Waals surface area contributed by atoms with Crippen molar-refractivity contribution in [3.63, 3.8) is 0 Å². The Morgan fingerprint density at radius 1 is 1.33 bits per heavy atom. The first kappa shape index (κ1) is 11.7. The Morgan fingerprint density at radius 3 is 2.40 bits per heavy atom. The molecule has 5 heteroatoms. The summed E-state index contributed by atoms with van der Waals surface area (Å²) in [5.41, 5.74) is 1.45. The van der Waals surface area contributed by atoms with Gasteiger partial charge >= 0.3 is 13.1 Å². The third-order valence-electron chi connectivity index (χ3n) is 2.07. The maximum atomic E-state index is 11.1. The first-order valence-electron chi connectivity index (χ1n) is 4.67. The molecule has 0 amide bonds. The van der Waals surface area contributed by atoms with Gasteiger partial charge in [-0.2, -0.15) is 0 Å². The fourth-order valence-electron chi connectivity index (χ4n) is 1.22. The van der Waals surface area contributed by atoms with Gasteiger partial charge in [0.2, 0.25) is 0 Å². The summed E-state index contributed by atoms with van der Waals surface area (Å²) in [4.78, 5) is 11.1. The highest BCUT2D eigenvalue weighted by molar-refractivity contribution is 6.40. The molecule has 1 aromatic rings. The van der Waals surface area contributed by atoms with Crippen LogP contribution in [0.25, 0.3) is 0 Å². The molecule has 0 saturated heterocycles. The normalized spacial score (nSPS) is 9.80. The molecule has 0 spiro atoms. The predicted octanol–water partition coefficient (Wildman–Crippen LogP) is 0.488. The molecule has 0 bridgehead atoms. The van der Waals surface area contributed by atoms with Crippen LogP contribution in [-0.2, 0) is 11.2 Å². The number of rotatable bonds is 4. The molecular weight excluding hydrogens is 195 g/mol. The summed E-state index contributed by atoms with van der Waals surface area (Å²) in [5, 5.41) is 17.4. The molecule has 0 unspecified atom stereocenters. The van der Waals surface area contributed by atoms with Gasteiger partial charge in [0.25, 0.3) is 0 Å². The SMILES string of the molecule is COC(=O)c1ccc(CCB(O)O)cc1. The second-order valence-electron chi connectivity index (χ2n) is 3.21. The smallest absolute Gasteiger partial charge is 0.451 e. The molecule has 0 fully saturated rings. The molecule has 2 N–H and O–H groups in total. The van der Waals surface area contributed by atoms with Gasteiger partial charge in [0, 0.05) is 0 Å². The zero-order valence-electron chi connectivity index (χ0n) is 8.51. The van der Waals surface area contributed by atoms with Gasteiger partial charge in [-0.15, -0.1) is 0 Å². The number of carbonyl (C=O) groups excluding carboxylic acids is 1. The van der Waals surface area contributed by atoms with E-state index >= 15 is 0 Å². The average molecular weight is 208 g/mol. The first-order chi connectivity index (χ1) is 7.13. The van der Waals surface area contributed by atoms with E-state index in [1.54, 1.807) is 24.3 Å². The number of benzene rings is 1. The van der Waals surface area contributed by atoms with Crippen LogP contribution in [0.2, 0.25) is 6.32 Å².